The van der Waals surface area contributed by atoms with Crippen LogP contribution in [0.25, 0.3) is 0 Å². The number of carbonyl (C=O) groups excluding carboxylic acids is 1. The number of allylic oxidation sites excluding steroid dienone is 2. The van der Waals surface area contributed by atoms with Gasteiger partial charge in [0.25, 0.3) is 0 Å². The van der Waals surface area contributed by atoms with Crippen LogP contribution in [0.3, 0.4) is 0 Å². The third-order valence-corrected chi connectivity index (χ3v) is 5.91. The van der Waals surface area contributed by atoms with E-state index in [1.807, 2.05) is 25.1 Å². The fourth-order valence-electron chi connectivity index (χ4n) is 3.83. The minimum atomic E-state index is -4.37. The fourth-order valence-corrected chi connectivity index (χ4v) is 3.83. The smallest absolute Gasteiger partial charge is 0.416 e. The number of carboxylic acids is 1. The molecular weight excluding hydrogens is 459 g/mol. The Morgan fingerprint density at radius 2 is 1.83 bits per heavy atom. The van der Waals surface area contributed by atoms with E-state index in [9.17, 15) is 22.8 Å². The lowest BCUT2D eigenvalue weighted by atomic mass is 9.98. The highest BCUT2D eigenvalue weighted by atomic mass is 19.4. The summed E-state index contributed by atoms with van der Waals surface area (Å²) < 4.78 is 44.1. The van der Waals surface area contributed by atoms with Crippen molar-refractivity contribution in [2.75, 3.05) is 13.6 Å². The average molecular weight is 488 g/mol. The summed E-state index contributed by atoms with van der Waals surface area (Å²) in [7, 11) is 1.68. The Bertz CT molecular complexity index is 1120. The lowest BCUT2D eigenvalue weighted by Crippen LogP contribution is -2.34. The minimum absolute atomic E-state index is 0.0606. The first-order valence-corrected chi connectivity index (χ1v) is 11.3. The molecular formula is C27H28F3NO4. The van der Waals surface area contributed by atoms with E-state index in [1.165, 1.54) is 12.1 Å². The number of hydrogen-bond donors (Lipinski definition) is 1. The van der Waals surface area contributed by atoms with Crippen molar-refractivity contribution in [2.45, 2.75) is 38.8 Å². The van der Waals surface area contributed by atoms with Crippen LogP contribution in [0.15, 0.2) is 66.5 Å². The Kier molecular flexibility index (Phi) is 8.38. The standard InChI is InChI=1S/C27H28F3NO4/c1-18-16-24(12-8-20(18)9-13-25(32)33)35-23-5-3-4-21(17-23)26(34)31(2)15-14-19-6-10-22(11-7-19)27(28,29)30/h3,5-8,10-12,16-17,21H,4,9,13-15H2,1-2H3,(H,32,33). The van der Waals surface area contributed by atoms with E-state index in [0.717, 1.165) is 28.8 Å². The van der Waals surface area contributed by atoms with E-state index in [0.29, 0.717) is 37.3 Å². The van der Waals surface area contributed by atoms with Gasteiger partial charge in [0.15, 0.2) is 0 Å². The van der Waals surface area contributed by atoms with Gasteiger partial charge in [-0.3, -0.25) is 9.59 Å². The largest absolute Gasteiger partial charge is 0.481 e. The first-order chi connectivity index (χ1) is 16.5. The van der Waals surface area contributed by atoms with Crippen LogP contribution >= 0.6 is 0 Å². The van der Waals surface area contributed by atoms with Gasteiger partial charge in [-0.05, 0) is 79.3 Å². The van der Waals surface area contributed by atoms with Crippen molar-refractivity contribution < 1.29 is 32.6 Å². The second-order valence-corrected chi connectivity index (χ2v) is 8.60. The number of hydrogen-bond acceptors (Lipinski definition) is 3. The Morgan fingerprint density at radius 1 is 1.11 bits per heavy atom. The molecule has 0 saturated heterocycles. The first kappa shape index (κ1) is 26.1. The molecule has 1 N–H and O–H groups in total. The number of aliphatic carboxylic acids is 1. The van der Waals surface area contributed by atoms with Gasteiger partial charge in [0.1, 0.15) is 11.5 Å². The molecule has 3 rings (SSSR count). The zero-order chi connectivity index (χ0) is 25.6. The zero-order valence-corrected chi connectivity index (χ0v) is 19.6. The van der Waals surface area contributed by atoms with Crippen LogP contribution in [-0.2, 0) is 28.6 Å². The lowest BCUT2D eigenvalue weighted by molar-refractivity contribution is -0.138. The third kappa shape index (κ3) is 7.47. The summed E-state index contributed by atoms with van der Waals surface area (Å²) in [5, 5.41) is 8.87. The second-order valence-electron chi connectivity index (χ2n) is 8.60. The van der Waals surface area contributed by atoms with Crippen molar-refractivity contribution >= 4 is 11.9 Å². The Labute approximate surface area is 202 Å². The summed E-state index contributed by atoms with van der Waals surface area (Å²) in [5.74, 6) is -0.196. The monoisotopic (exact) mass is 487 g/mol. The molecule has 0 aromatic heterocycles. The van der Waals surface area contributed by atoms with Gasteiger partial charge >= 0.3 is 12.1 Å². The molecule has 0 heterocycles. The van der Waals surface area contributed by atoms with Gasteiger partial charge in [0.2, 0.25) is 5.91 Å². The molecule has 0 fully saturated rings. The number of nitrogens with zero attached hydrogens (tertiary/aromatic N) is 1. The molecule has 0 saturated carbocycles. The molecule has 1 unspecified atom stereocenters. The average Bonchev–Trinajstić information content (AvgIpc) is 2.81. The van der Waals surface area contributed by atoms with E-state index in [1.54, 1.807) is 30.2 Å². The lowest BCUT2D eigenvalue weighted by Gasteiger charge is -2.23. The zero-order valence-electron chi connectivity index (χ0n) is 19.6. The van der Waals surface area contributed by atoms with Crippen LogP contribution < -0.4 is 4.74 Å². The van der Waals surface area contributed by atoms with Crippen LogP contribution in [-0.4, -0.2) is 35.5 Å². The van der Waals surface area contributed by atoms with E-state index in [2.05, 4.69) is 0 Å². The summed E-state index contributed by atoms with van der Waals surface area (Å²) in [6.07, 6.45) is 2.56. The maximum absolute atomic E-state index is 12.9. The predicted octanol–water partition coefficient (Wildman–Crippen LogP) is 5.57. The number of alkyl halides is 3. The van der Waals surface area contributed by atoms with Gasteiger partial charge in [-0.15, -0.1) is 0 Å². The first-order valence-electron chi connectivity index (χ1n) is 11.3. The normalized spacial score (nSPS) is 15.5. The summed E-state index contributed by atoms with van der Waals surface area (Å²) in [6.45, 7) is 2.28. The number of likely N-dealkylation sites (N-methyl/N-ethyl adjacent to an activating group) is 1. The number of benzene rings is 2. The molecule has 0 aliphatic heterocycles. The van der Waals surface area contributed by atoms with Gasteiger partial charge in [-0.1, -0.05) is 24.3 Å². The van der Waals surface area contributed by atoms with Crippen molar-refractivity contribution in [1.82, 2.24) is 4.90 Å². The molecule has 186 valence electrons. The van der Waals surface area contributed by atoms with Crippen molar-refractivity contribution in [3.05, 3.63) is 88.7 Å². The van der Waals surface area contributed by atoms with E-state index in [-0.39, 0.29) is 12.3 Å². The van der Waals surface area contributed by atoms with E-state index < -0.39 is 23.6 Å². The summed E-state index contributed by atoms with van der Waals surface area (Å²) in [4.78, 5) is 25.3. The van der Waals surface area contributed by atoms with Gasteiger partial charge in [0, 0.05) is 20.0 Å². The molecule has 2 aromatic rings. The number of carbonyl (C=O) groups is 2. The molecule has 1 aliphatic carbocycles. The number of rotatable bonds is 9. The van der Waals surface area contributed by atoms with Crippen LogP contribution in [0.2, 0.25) is 0 Å². The van der Waals surface area contributed by atoms with Gasteiger partial charge in [0.05, 0.1) is 11.5 Å². The predicted molar refractivity (Wildman–Crippen MR) is 126 cm³/mol. The highest BCUT2D eigenvalue weighted by molar-refractivity contribution is 5.81. The van der Waals surface area contributed by atoms with Crippen LogP contribution in [0, 0.1) is 12.8 Å². The minimum Gasteiger partial charge on any atom is -0.481 e. The van der Waals surface area contributed by atoms with E-state index in [4.69, 9.17) is 9.84 Å². The maximum atomic E-state index is 12.9. The maximum Gasteiger partial charge on any atom is 0.416 e. The fraction of sp³-hybridized carbons (Fsp3) is 0.333. The van der Waals surface area contributed by atoms with Crippen molar-refractivity contribution in [3.63, 3.8) is 0 Å². The molecule has 0 bridgehead atoms. The summed E-state index contributed by atoms with van der Waals surface area (Å²) in [5.41, 5.74) is 1.90. The number of amides is 1. The number of carboxylic acid groups (broad SMARTS) is 1. The highest BCUT2D eigenvalue weighted by Gasteiger charge is 2.30. The molecule has 2 aromatic carbocycles. The number of aryl methyl sites for hydroxylation is 2. The molecule has 0 radical (unpaired) electrons. The Morgan fingerprint density at radius 3 is 2.46 bits per heavy atom. The van der Waals surface area contributed by atoms with Gasteiger partial charge in [-0.25, -0.2) is 0 Å². The van der Waals surface area contributed by atoms with Gasteiger partial charge < -0.3 is 14.7 Å². The van der Waals surface area contributed by atoms with Crippen molar-refractivity contribution in [2.24, 2.45) is 5.92 Å². The number of ether oxygens (including phenoxy) is 1. The quantitative estimate of drug-likeness (QED) is 0.502. The second kappa shape index (κ2) is 11.3. The summed E-state index contributed by atoms with van der Waals surface area (Å²) >= 11 is 0. The van der Waals surface area contributed by atoms with Crippen LogP contribution in [0.4, 0.5) is 13.2 Å². The van der Waals surface area contributed by atoms with Crippen LogP contribution in [0.5, 0.6) is 5.75 Å². The molecule has 1 amide bonds. The SMILES string of the molecule is Cc1cc(OC2=CC(C(=O)N(C)CCc3ccc(C(F)(F)F)cc3)CC=C2)ccc1CCC(=O)O. The van der Waals surface area contributed by atoms with Crippen molar-refractivity contribution in [3.8, 4) is 5.75 Å². The van der Waals surface area contributed by atoms with Crippen LogP contribution in [0.1, 0.15) is 35.1 Å². The van der Waals surface area contributed by atoms with E-state index >= 15 is 0 Å². The highest BCUT2D eigenvalue weighted by Crippen LogP contribution is 2.29. The molecule has 35 heavy (non-hydrogen) atoms. The number of halogens is 3. The van der Waals surface area contributed by atoms with Gasteiger partial charge in [-0.2, -0.15) is 13.2 Å². The molecule has 1 atom stereocenters. The Balaban J connectivity index is 1.57. The molecule has 1 aliphatic rings. The molecule has 5 nitrogen and oxygen atoms in total. The topological polar surface area (TPSA) is 66.8 Å². The Hall–Kier alpha value is -3.55. The van der Waals surface area contributed by atoms with Crippen molar-refractivity contribution in [1.29, 1.82) is 0 Å². The molecule has 8 heteroatoms. The summed E-state index contributed by atoms with van der Waals surface area (Å²) in [6, 6.07) is 10.4. The third-order valence-electron chi connectivity index (χ3n) is 5.91. The molecule has 0 spiro atoms.